The van der Waals surface area contributed by atoms with Gasteiger partial charge >= 0.3 is 5.97 Å². The Morgan fingerprint density at radius 2 is 1.42 bits per heavy atom. The summed E-state index contributed by atoms with van der Waals surface area (Å²) in [4.78, 5) is 11.8. The smallest absolute Gasteiger partial charge is 0.344 e. The van der Waals surface area contributed by atoms with Crippen molar-refractivity contribution in [3.8, 4) is 34.1 Å². The molecule has 0 saturated heterocycles. The summed E-state index contributed by atoms with van der Waals surface area (Å²) in [5, 5.41) is 0. The first-order valence-electron chi connectivity index (χ1n) is 12.7. The molecule has 0 radical (unpaired) electrons. The lowest BCUT2D eigenvalue weighted by molar-refractivity contribution is -0.145. The van der Waals surface area contributed by atoms with Gasteiger partial charge in [-0.25, -0.2) is 4.79 Å². The molecule has 0 bridgehead atoms. The number of benzene rings is 3. The summed E-state index contributed by atoms with van der Waals surface area (Å²) >= 11 is 0. The second-order valence-corrected chi connectivity index (χ2v) is 9.71. The Balaban J connectivity index is 1.81. The Morgan fingerprint density at radius 1 is 0.750 bits per heavy atom. The summed E-state index contributed by atoms with van der Waals surface area (Å²) in [6.07, 6.45) is 3.40. The highest BCUT2D eigenvalue weighted by Gasteiger charge is 2.15. The fraction of sp³-hybridized carbons (Fsp3) is 0.387. The first-order chi connectivity index (χ1) is 17.3. The van der Waals surface area contributed by atoms with Crippen LogP contribution >= 0.6 is 0 Å². The number of rotatable bonds is 12. The molecule has 5 heteroatoms. The maximum Gasteiger partial charge on any atom is 0.344 e. The monoisotopic (exact) mass is 490 g/mol. The maximum absolute atomic E-state index is 11.8. The molecule has 36 heavy (non-hydrogen) atoms. The summed E-state index contributed by atoms with van der Waals surface area (Å²) in [5.74, 6) is 2.14. The van der Waals surface area contributed by atoms with E-state index in [9.17, 15) is 4.79 Å². The number of hydrogen-bond acceptors (Lipinski definition) is 5. The zero-order valence-electron chi connectivity index (χ0n) is 22.1. The zero-order chi connectivity index (χ0) is 26.0. The molecule has 0 atom stereocenters. The van der Waals surface area contributed by atoms with E-state index >= 15 is 0 Å². The number of ether oxygens (including phenoxy) is 4. The van der Waals surface area contributed by atoms with E-state index in [4.69, 9.17) is 18.9 Å². The highest BCUT2D eigenvalue weighted by molar-refractivity contribution is 5.72. The molecular weight excluding hydrogens is 452 g/mol. The molecule has 0 spiro atoms. The van der Waals surface area contributed by atoms with Crippen molar-refractivity contribution in [2.45, 2.75) is 59.3 Å². The quantitative estimate of drug-likeness (QED) is 0.190. The number of esters is 1. The van der Waals surface area contributed by atoms with Crippen molar-refractivity contribution in [1.29, 1.82) is 0 Å². The van der Waals surface area contributed by atoms with Gasteiger partial charge in [-0.1, -0.05) is 70.9 Å². The summed E-state index contributed by atoms with van der Waals surface area (Å²) in [7, 11) is 0. The van der Waals surface area contributed by atoms with Crippen molar-refractivity contribution in [1.82, 2.24) is 0 Å². The van der Waals surface area contributed by atoms with Crippen LogP contribution in [0.15, 0.2) is 66.7 Å². The minimum atomic E-state index is -0.420. The molecule has 0 aliphatic heterocycles. The van der Waals surface area contributed by atoms with Crippen LogP contribution in [0, 0.1) is 0 Å². The third-order valence-electron chi connectivity index (χ3n) is 5.75. The van der Waals surface area contributed by atoms with Gasteiger partial charge in [0.15, 0.2) is 18.1 Å². The summed E-state index contributed by atoms with van der Waals surface area (Å²) < 4.78 is 22.8. The summed E-state index contributed by atoms with van der Waals surface area (Å²) in [6, 6.07) is 21.8. The largest absolute Gasteiger partial charge is 0.494 e. The lowest BCUT2D eigenvalue weighted by Gasteiger charge is -2.19. The van der Waals surface area contributed by atoms with Crippen molar-refractivity contribution in [2.75, 3.05) is 19.8 Å². The molecule has 3 rings (SSSR count). The average Bonchev–Trinajstić information content (AvgIpc) is 2.86. The Hall–Kier alpha value is -3.47. The summed E-state index contributed by atoms with van der Waals surface area (Å²) in [5.41, 5.74) is 3.27. The number of carbonyl (C=O) groups is 1. The molecule has 0 aliphatic carbocycles. The van der Waals surface area contributed by atoms with E-state index in [1.54, 1.807) is 6.92 Å². The van der Waals surface area contributed by atoms with E-state index in [0.29, 0.717) is 23.9 Å². The SMILES string of the molecule is CCCCCOc1ccc(-c2ccc(OCC(=O)OCC)c(Oc3ccc(C(C)(C)C)cc3)c2)cc1. The van der Waals surface area contributed by atoms with Crippen molar-refractivity contribution in [3.05, 3.63) is 72.3 Å². The molecule has 0 saturated carbocycles. The first-order valence-corrected chi connectivity index (χ1v) is 12.7. The van der Waals surface area contributed by atoms with Gasteiger partial charge in [0.25, 0.3) is 0 Å². The van der Waals surface area contributed by atoms with Crippen molar-refractivity contribution >= 4 is 5.97 Å². The van der Waals surface area contributed by atoms with Crippen LogP contribution in [0.5, 0.6) is 23.0 Å². The Kier molecular flexibility index (Phi) is 9.80. The zero-order valence-corrected chi connectivity index (χ0v) is 22.1. The Labute approximate surface area is 215 Å². The van der Waals surface area contributed by atoms with Gasteiger partial charge in [-0.05, 0) is 71.8 Å². The van der Waals surface area contributed by atoms with Crippen LogP contribution in [0.25, 0.3) is 11.1 Å². The fourth-order valence-electron chi connectivity index (χ4n) is 3.66. The van der Waals surface area contributed by atoms with E-state index in [-0.39, 0.29) is 12.0 Å². The third kappa shape index (κ3) is 8.04. The molecule has 0 fully saturated rings. The minimum absolute atomic E-state index is 0.0538. The second-order valence-electron chi connectivity index (χ2n) is 9.71. The number of hydrogen-bond donors (Lipinski definition) is 0. The molecule has 0 unspecified atom stereocenters. The van der Waals surface area contributed by atoms with E-state index in [0.717, 1.165) is 29.9 Å². The van der Waals surface area contributed by atoms with Crippen LogP contribution in [0.2, 0.25) is 0 Å². The summed E-state index contributed by atoms with van der Waals surface area (Å²) in [6.45, 7) is 11.3. The third-order valence-corrected chi connectivity index (χ3v) is 5.75. The minimum Gasteiger partial charge on any atom is -0.494 e. The van der Waals surface area contributed by atoms with Crippen LogP contribution in [0.4, 0.5) is 0 Å². The van der Waals surface area contributed by atoms with Crippen LogP contribution in [0.1, 0.15) is 59.4 Å². The van der Waals surface area contributed by atoms with Gasteiger partial charge in [0, 0.05) is 0 Å². The molecule has 0 aromatic heterocycles. The average molecular weight is 491 g/mol. The van der Waals surface area contributed by atoms with E-state index in [1.165, 1.54) is 18.4 Å². The standard InChI is InChI=1S/C31H38O5/c1-6-8-9-20-34-26-15-10-23(11-16-26)24-12-19-28(35-22-30(32)33-7-2)29(21-24)36-27-17-13-25(14-18-27)31(3,4)5/h10-19,21H,6-9,20,22H2,1-5H3. The van der Waals surface area contributed by atoms with Crippen molar-refractivity contribution < 1.29 is 23.7 Å². The van der Waals surface area contributed by atoms with Gasteiger partial charge in [0.05, 0.1) is 13.2 Å². The van der Waals surface area contributed by atoms with Gasteiger partial charge < -0.3 is 18.9 Å². The van der Waals surface area contributed by atoms with Gasteiger partial charge in [-0.2, -0.15) is 0 Å². The molecule has 3 aromatic rings. The number of carbonyl (C=O) groups excluding carboxylic acids is 1. The molecule has 0 N–H and O–H groups in total. The van der Waals surface area contributed by atoms with E-state index in [2.05, 4.69) is 39.8 Å². The molecule has 0 heterocycles. The molecule has 0 amide bonds. The van der Waals surface area contributed by atoms with Crippen molar-refractivity contribution in [3.63, 3.8) is 0 Å². The molecular formula is C31H38O5. The predicted molar refractivity (Wildman–Crippen MR) is 144 cm³/mol. The Morgan fingerprint density at radius 3 is 2.06 bits per heavy atom. The van der Waals surface area contributed by atoms with Crippen molar-refractivity contribution in [2.24, 2.45) is 0 Å². The molecule has 0 aliphatic rings. The normalized spacial score (nSPS) is 11.1. The molecule has 192 valence electrons. The molecule has 5 nitrogen and oxygen atoms in total. The van der Waals surface area contributed by atoms with Gasteiger partial charge in [0.1, 0.15) is 11.5 Å². The van der Waals surface area contributed by atoms with Gasteiger partial charge in [0.2, 0.25) is 0 Å². The predicted octanol–water partition coefficient (Wildman–Crippen LogP) is 7.95. The molecule has 3 aromatic carbocycles. The van der Waals surface area contributed by atoms with Crippen LogP contribution in [-0.4, -0.2) is 25.8 Å². The van der Waals surface area contributed by atoms with Gasteiger partial charge in [-0.15, -0.1) is 0 Å². The Bertz CT molecular complexity index is 1100. The maximum atomic E-state index is 11.8. The van der Waals surface area contributed by atoms with Crippen LogP contribution in [0.3, 0.4) is 0 Å². The highest BCUT2D eigenvalue weighted by Crippen LogP contribution is 2.37. The topological polar surface area (TPSA) is 54.0 Å². The number of unbranched alkanes of at least 4 members (excludes halogenated alkanes) is 2. The van der Waals surface area contributed by atoms with Crippen LogP contribution in [-0.2, 0) is 14.9 Å². The van der Waals surface area contributed by atoms with Gasteiger partial charge in [-0.3, -0.25) is 0 Å². The second kappa shape index (κ2) is 13.0. The first kappa shape index (κ1) is 27.1. The van der Waals surface area contributed by atoms with E-state index < -0.39 is 5.97 Å². The van der Waals surface area contributed by atoms with Crippen LogP contribution < -0.4 is 14.2 Å². The lowest BCUT2D eigenvalue weighted by Crippen LogP contribution is -2.14. The lowest BCUT2D eigenvalue weighted by atomic mass is 9.87. The van der Waals surface area contributed by atoms with E-state index in [1.807, 2.05) is 54.6 Å². The fourth-order valence-corrected chi connectivity index (χ4v) is 3.66. The highest BCUT2D eigenvalue weighted by atomic mass is 16.6.